The minimum atomic E-state index is 0.468. The highest BCUT2D eigenvalue weighted by molar-refractivity contribution is 5.88. The average Bonchev–Trinajstić information content (AvgIpc) is 2.36. The van der Waals surface area contributed by atoms with Gasteiger partial charge in [0.15, 0.2) is 0 Å². The summed E-state index contributed by atoms with van der Waals surface area (Å²) in [5.74, 6) is 1.15. The molecule has 0 spiro atoms. The molecule has 1 atom stereocenters. The molecule has 0 bridgehead atoms. The van der Waals surface area contributed by atoms with E-state index < -0.39 is 0 Å². The van der Waals surface area contributed by atoms with Crippen LogP contribution in [0.1, 0.15) is 37.3 Å². The highest BCUT2D eigenvalue weighted by Crippen LogP contribution is 2.30. The van der Waals surface area contributed by atoms with Gasteiger partial charge >= 0.3 is 0 Å². The maximum Gasteiger partial charge on any atom is -0.000791 e. The smallest absolute Gasteiger partial charge is 0.000791 e. The number of rotatable bonds is 4. The molecular weight excluding hydrogens is 218 g/mol. The Labute approximate surface area is 110 Å². The summed E-state index contributed by atoms with van der Waals surface area (Å²) in [7, 11) is 0. The fraction of sp³-hybridized carbons (Fsp3) is 0.412. The molecule has 0 heterocycles. The van der Waals surface area contributed by atoms with Crippen LogP contribution in [0.2, 0.25) is 0 Å². The van der Waals surface area contributed by atoms with Gasteiger partial charge in [-0.3, -0.25) is 0 Å². The molecule has 2 rings (SSSR count). The Morgan fingerprint density at radius 2 is 1.67 bits per heavy atom. The van der Waals surface area contributed by atoms with E-state index in [-0.39, 0.29) is 0 Å². The van der Waals surface area contributed by atoms with E-state index in [1.54, 1.807) is 0 Å². The van der Waals surface area contributed by atoms with Gasteiger partial charge in [-0.25, -0.2) is 0 Å². The monoisotopic (exact) mass is 241 g/mol. The fourth-order valence-corrected chi connectivity index (χ4v) is 2.77. The summed E-state index contributed by atoms with van der Waals surface area (Å²) in [5.41, 5.74) is 8.73. The second kappa shape index (κ2) is 5.53. The maximum absolute atomic E-state index is 5.98. The van der Waals surface area contributed by atoms with E-state index in [1.165, 1.54) is 21.9 Å². The lowest BCUT2D eigenvalue weighted by Gasteiger charge is -2.20. The summed E-state index contributed by atoms with van der Waals surface area (Å²) in [4.78, 5) is 0. The molecule has 1 heteroatoms. The van der Waals surface area contributed by atoms with Gasteiger partial charge in [-0.1, -0.05) is 50.2 Å². The lowest BCUT2D eigenvalue weighted by molar-refractivity contribution is 0.506. The minimum Gasteiger partial charge on any atom is -0.330 e. The van der Waals surface area contributed by atoms with Crippen LogP contribution in [0.4, 0.5) is 0 Å². The summed E-state index contributed by atoms with van der Waals surface area (Å²) in [6, 6.07) is 13.1. The second-order valence-corrected chi connectivity index (χ2v) is 5.58. The normalized spacial score (nSPS) is 13.2. The van der Waals surface area contributed by atoms with Crippen LogP contribution in [-0.4, -0.2) is 6.54 Å². The molecule has 0 fully saturated rings. The summed E-state index contributed by atoms with van der Waals surface area (Å²) >= 11 is 0. The van der Waals surface area contributed by atoms with Crippen molar-refractivity contribution >= 4 is 10.8 Å². The first-order chi connectivity index (χ1) is 8.63. The Hall–Kier alpha value is -1.34. The molecule has 0 aliphatic carbocycles. The average molecular weight is 241 g/mol. The van der Waals surface area contributed by atoms with Gasteiger partial charge in [-0.2, -0.15) is 0 Å². The van der Waals surface area contributed by atoms with Crippen molar-refractivity contribution in [2.75, 3.05) is 6.54 Å². The Morgan fingerprint density at radius 3 is 2.33 bits per heavy atom. The summed E-state index contributed by atoms with van der Waals surface area (Å²) < 4.78 is 0. The molecule has 2 N–H and O–H groups in total. The lowest BCUT2D eigenvalue weighted by Crippen LogP contribution is -2.15. The molecule has 0 amide bonds. The molecule has 0 aliphatic rings. The zero-order valence-corrected chi connectivity index (χ0v) is 11.6. The van der Waals surface area contributed by atoms with Crippen LogP contribution >= 0.6 is 0 Å². The Balaban J connectivity index is 2.53. The summed E-state index contributed by atoms with van der Waals surface area (Å²) in [5, 5.41) is 2.73. The van der Waals surface area contributed by atoms with E-state index in [0.29, 0.717) is 11.8 Å². The molecule has 1 nitrogen and oxygen atoms in total. The van der Waals surface area contributed by atoms with E-state index in [0.717, 1.165) is 13.0 Å². The molecule has 2 aromatic rings. The number of nitrogens with two attached hydrogens (primary N) is 1. The van der Waals surface area contributed by atoms with Gasteiger partial charge in [-0.15, -0.1) is 0 Å². The van der Waals surface area contributed by atoms with Crippen LogP contribution in [0, 0.1) is 12.8 Å². The van der Waals surface area contributed by atoms with Gasteiger partial charge in [0.05, 0.1) is 0 Å². The molecule has 0 aromatic heterocycles. The molecule has 96 valence electrons. The van der Waals surface area contributed by atoms with E-state index in [9.17, 15) is 0 Å². The topological polar surface area (TPSA) is 26.0 Å². The van der Waals surface area contributed by atoms with Crippen LogP contribution < -0.4 is 5.73 Å². The quantitative estimate of drug-likeness (QED) is 0.851. The number of hydrogen-bond donors (Lipinski definition) is 1. The third-order valence-corrected chi connectivity index (χ3v) is 3.65. The zero-order valence-electron chi connectivity index (χ0n) is 11.6. The SMILES string of the molecule is Cc1cccc2c(C(CN)CC(C)C)cccc12. The summed E-state index contributed by atoms with van der Waals surface area (Å²) in [6.45, 7) is 7.43. The molecule has 0 aliphatic heterocycles. The first-order valence-corrected chi connectivity index (χ1v) is 6.81. The predicted molar refractivity (Wildman–Crippen MR) is 79.9 cm³/mol. The minimum absolute atomic E-state index is 0.468. The summed E-state index contributed by atoms with van der Waals surface area (Å²) in [6.07, 6.45) is 1.16. The Morgan fingerprint density at radius 1 is 1.00 bits per heavy atom. The maximum atomic E-state index is 5.98. The second-order valence-electron chi connectivity index (χ2n) is 5.58. The molecule has 0 saturated carbocycles. The van der Waals surface area contributed by atoms with Crippen molar-refractivity contribution in [3.63, 3.8) is 0 Å². The number of hydrogen-bond acceptors (Lipinski definition) is 1. The standard InChI is InChI=1S/C17H23N/c1-12(2)10-14(11-18)16-8-5-7-15-13(3)6-4-9-17(15)16/h4-9,12,14H,10-11,18H2,1-3H3. The third kappa shape index (κ3) is 2.56. The van der Waals surface area contributed by atoms with Gasteiger partial charge in [0, 0.05) is 0 Å². The largest absolute Gasteiger partial charge is 0.330 e. The number of aryl methyl sites for hydroxylation is 1. The van der Waals surface area contributed by atoms with Crippen LogP contribution in [0.15, 0.2) is 36.4 Å². The third-order valence-electron chi connectivity index (χ3n) is 3.65. The number of benzene rings is 2. The van der Waals surface area contributed by atoms with Gasteiger partial charge < -0.3 is 5.73 Å². The lowest BCUT2D eigenvalue weighted by atomic mass is 9.86. The van der Waals surface area contributed by atoms with Gasteiger partial charge in [0.1, 0.15) is 0 Å². The van der Waals surface area contributed by atoms with Crippen LogP contribution in [-0.2, 0) is 0 Å². The molecule has 1 unspecified atom stereocenters. The first-order valence-electron chi connectivity index (χ1n) is 6.81. The van der Waals surface area contributed by atoms with Crippen molar-refractivity contribution in [3.05, 3.63) is 47.5 Å². The molecule has 2 aromatic carbocycles. The molecular formula is C17H23N. The van der Waals surface area contributed by atoms with Crippen molar-refractivity contribution in [1.29, 1.82) is 0 Å². The van der Waals surface area contributed by atoms with Crippen molar-refractivity contribution in [2.45, 2.75) is 33.1 Å². The predicted octanol–water partition coefficient (Wildman–Crippen LogP) is 4.24. The molecule has 18 heavy (non-hydrogen) atoms. The van der Waals surface area contributed by atoms with Crippen molar-refractivity contribution in [2.24, 2.45) is 11.7 Å². The van der Waals surface area contributed by atoms with E-state index in [2.05, 4.69) is 57.2 Å². The van der Waals surface area contributed by atoms with Crippen molar-refractivity contribution in [3.8, 4) is 0 Å². The number of fused-ring (bicyclic) bond motifs is 1. The Kier molecular flexibility index (Phi) is 4.03. The molecule has 0 radical (unpaired) electrons. The fourth-order valence-electron chi connectivity index (χ4n) is 2.77. The van der Waals surface area contributed by atoms with Crippen molar-refractivity contribution in [1.82, 2.24) is 0 Å². The van der Waals surface area contributed by atoms with Gasteiger partial charge in [0.2, 0.25) is 0 Å². The Bertz CT molecular complexity index is 528. The van der Waals surface area contributed by atoms with Gasteiger partial charge in [0.25, 0.3) is 0 Å². The molecule has 0 saturated heterocycles. The van der Waals surface area contributed by atoms with Crippen LogP contribution in [0.3, 0.4) is 0 Å². The zero-order chi connectivity index (χ0) is 13.1. The van der Waals surface area contributed by atoms with Crippen molar-refractivity contribution < 1.29 is 0 Å². The van der Waals surface area contributed by atoms with E-state index in [1.807, 2.05) is 0 Å². The van der Waals surface area contributed by atoms with Crippen LogP contribution in [0.5, 0.6) is 0 Å². The van der Waals surface area contributed by atoms with E-state index >= 15 is 0 Å². The first kappa shape index (κ1) is 13.1. The van der Waals surface area contributed by atoms with Crippen LogP contribution in [0.25, 0.3) is 10.8 Å². The highest BCUT2D eigenvalue weighted by Gasteiger charge is 2.14. The highest BCUT2D eigenvalue weighted by atomic mass is 14.5. The van der Waals surface area contributed by atoms with E-state index in [4.69, 9.17) is 5.73 Å². The van der Waals surface area contributed by atoms with Gasteiger partial charge in [-0.05, 0) is 53.6 Å².